The summed E-state index contributed by atoms with van der Waals surface area (Å²) in [5, 5.41) is 16.1. The van der Waals surface area contributed by atoms with Gasteiger partial charge in [0, 0.05) is 42.7 Å². The van der Waals surface area contributed by atoms with Gasteiger partial charge in [-0.2, -0.15) is 0 Å². The predicted molar refractivity (Wildman–Crippen MR) is 220 cm³/mol. The first-order valence-corrected chi connectivity index (χ1v) is 19.8. The Hall–Kier alpha value is -6.40. The number of carbonyl (C=O) groups is 6. The average molecular weight is 784 g/mol. The van der Waals surface area contributed by atoms with Gasteiger partial charge in [0.1, 0.15) is 18.1 Å². The van der Waals surface area contributed by atoms with E-state index in [2.05, 4.69) is 26.6 Å². The van der Waals surface area contributed by atoms with E-state index in [4.69, 9.17) is 0 Å². The van der Waals surface area contributed by atoms with Crippen molar-refractivity contribution in [2.45, 2.75) is 69.6 Å². The maximum atomic E-state index is 14.4. The van der Waals surface area contributed by atoms with Gasteiger partial charge in [-0.3, -0.25) is 28.8 Å². The normalized spacial score (nSPS) is 19.9. The molecule has 11 nitrogen and oxygen atoms in total. The Labute approximate surface area is 335 Å². The summed E-state index contributed by atoms with van der Waals surface area (Å²) < 4.78 is 0. The lowest BCUT2D eigenvalue weighted by Gasteiger charge is -2.26. The molecule has 0 fully saturated rings. The molecule has 0 aliphatic carbocycles. The van der Waals surface area contributed by atoms with Gasteiger partial charge in [0.15, 0.2) is 5.78 Å². The minimum absolute atomic E-state index is 0.0675. The smallest absolute Gasteiger partial charge is 0.243 e. The lowest BCUT2D eigenvalue weighted by molar-refractivity contribution is -0.134. The molecule has 2 aliphatic rings. The second-order valence-electron chi connectivity index (χ2n) is 14.1. The first-order valence-electron chi connectivity index (χ1n) is 18.9. The summed E-state index contributed by atoms with van der Waals surface area (Å²) in [5.74, 6) is -2.96. The number of nitrogens with one attached hydrogen (secondary N) is 5. The van der Waals surface area contributed by atoms with Crippen LogP contribution in [0.3, 0.4) is 0 Å². The molecule has 2 aliphatic heterocycles. The van der Waals surface area contributed by atoms with E-state index in [1.165, 1.54) is 18.3 Å². The number of rotatable bonds is 8. The number of Topliss-reactive ketones (excluding diaryl/α,β-unsaturated/α-hetero) is 1. The first-order chi connectivity index (χ1) is 27.6. The second kappa shape index (κ2) is 19.5. The number of amides is 5. The van der Waals surface area contributed by atoms with E-state index >= 15 is 0 Å². The molecule has 57 heavy (non-hydrogen) atoms. The van der Waals surface area contributed by atoms with E-state index in [0.717, 1.165) is 32.7 Å². The summed E-state index contributed by atoms with van der Waals surface area (Å²) in [6.45, 7) is 1.39. The third-order valence-electron chi connectivity index (χ3n) is 9.75. The fourth-order valence-corrected chi connectivity index (χ4v) is 7.35. The Balaban J connectivity index is 1.34. The topological polar surface area (TPSA) is 163 Å². The summed E-state index contributed by atoms with van der Waals surface area (Å²) in [6.07, 6.45) is 0.195. The van der Waals surface area contributed by atoms with E-state index in [0.29, 0.717) is 5.69 Å². The van der Waals surface area contributed by atoms with Gasteiger partial charge in [-0.1, -0.05) is 103 Å². The van der Waals surface area contributed by atoms with Gasteiger partial charge < -0.3 is 26.6 Å². The van der Waals surface area contributed by atoms with Crippen LogP contribution in [0.2, 0.25) is 0 Å². The van der Waals surface area contributed by atoms with Crippen molar-refractivity contribution >= 4 is 52.3 Å². The molecule has 12 heteroatoms. The molecule has 1 aromatic heterocycles. The molecule has 0 saturated carbocycles. The molecule has 5 aromatic rings. The number of fused-ring (bicyclic) bond motifs is 18. The van der Waals surface area contributed by atoms with Crippen molar-refractivity contribution in [1.29, 1.82) is 0 Å². The monoisotopic (exact) mass is 783 g/mol. The molecular formula is C45H45N5O6S. The van der Waals surface area contributed by atoms with E-state index < -0.39 is 53.7 Å². The standard InChI is InChI=1S/C45H45N5O6S/c1-29(51)37-25-32-16-20-35(21-17-32)46-41(52)22-23-42(53)47-40(28-36-13-8-24-57-36)45(56)50-39(27-31-14-18-34(19-15-31)33-11-6-3-7-12-33)44(55)49-38(43(54)48-37)26-30-9-4-2-5-10-30/h2-21,24,37-40H,22-23,25-28H2,1H3,(H,46,52)(H,47,53)(H,48,54)(H,49,55)(H,50,56)/t37-,38+,39-,40+/m0/s1. The minimum atomic E-state index is -1.17. The number of thiophene rings is 1. The molecule has 2 bridgehead atoms. The quantitative estimate of drug-likeness (QED) is 0.140. The fourth-order valence-electron chi connectivity index (χ4n) is 6.60. The number of benzene rings is 4. The molecule has 0 unspecified atom stereocenters. The molecule has 7 rings (SSSR count). The highest BCUT2D eigenvalue weighted by atomic mass is 32.1. The zero-order chi connectivity index (χ0) is 40.1. The number of hydrogen-bond acceptors (Lipinski definition) is 7. The highest BCUT2D eigenvalue weighted by Gasteiger charge is 2.32. The predicted octanol–water partition coefficient (Wildman–Crippen LogP) is 4.95. The summed E-state index contributed by atoms with van der Waals surface area (Å²) in [4.78, 5) is 82.5. The average Bonchev–Trinajstić information content (AvgIpc) is 3.73. The molecule has 0 spiro atoms. The van der Waals surface area contributed by atoms with Crippen molar-refractivity contribution in [3.05, 3.63) is 148 Å². The van der Waals surface area contributed by atoms with Gasteiger partial charge in [0.2, 0.25) is 29.5 Å². The van der Waals surface area contributed by atoms with Gasteiger partial charge in [-0.05, 0) is 64.7 Å². The maximum Gasteiger partial charge on any atom is 0.243 e. The lowest BCUT2D eigenvalue weighted by Crippen LogP contribution is -2.59. The summed E-state index contributed by atoms with van der Waals surface area (Å²) >= 11 is 1.42. The highest BCUT2D eigenvalue weighted by Crippen LogP contribution is 2.21. The van der Waals surface area contributed by atoms with Crippen LogP contribution in [0.15, 0.2) is 127 Å². The van der Waals surface area contributed by atoms with Crippen molar-refractivity contribution < 1.29 is 28.8 Å². The highest BCUT2D eigenvalue weighted by molar-refractivity contribution is 7.09. The largest absolute Gasteiger partial charge is 0.344 e. The van der Waals surface area contributed by atoms with Gasteiger partial charge in [0.25, 0.3) is 0 Å². The van der Waals surface area contributed by atoms with Crippen LogP contribution in [0.25, 0.3) is 11.1 Å². The van der Waals surface area contributed by atoms with Crippen LogP contribution in [0, 0.1) is 0 Å². The maximum absolute atomic E-state index is 14.4. The Bertz CT molecular complexity index is 2160. The van der Waals surface area contributed by atoms with E-state index in [1.807, 2.05) is 102 Å². The number of hydrogen-bond donors (Lipinski definition) is 5. The molecule has 5 N–H and O–H groups in total. The number of anilines is 1. The molecular weight excluding hydrogens is 739 g/mol. The first kappa shape index (κ1) is 40.3. The fraction of sp³-hybridized carbons (Fsp3) is 0.244. The van der Waals surface area contributed by atoms with Crippen molar-refractivity contribution in [3.63, 3.8) is 0 Å². The second-order valence-corrected chi connectivity index (χ2v) is 15.1. The van der Waals surface area contributed by atoms with Crippen molar-refractivity contribution in [2.75, 3.05) is 5.32 Å². The Morgan fingerprint density at radius 1 is 0.561 bits per heavy atom. The van der Waals surface area contributed by atoms with Crippen LogP contribution in [0.4, 0.5) is 5.69 Å². The summed E-state index contributed by atoms with van der Waals surface area (Å²) in [6, 6.07) is 33.0. The van der Waals surface area contributed by atoms with Gasteiger partial charge in [-0.15, -0.1) is 11.3 Å². The molecule has 4 aromatic carbocycles. The summed E-state index contributed by atoms with van der Waals surface area (Å²) in [7, 11) is 0. The third-order valence-corrected chi connectivity index (χ3v) is 10.6. The van der Waals surface area contributed by atoms with Crippen molar-refractivity contribution in [3.8, 4) is 11.1 Å². The zero-order valence-corrected chi connectivity index (χ0v) is 32.4. The summed E-state index contributed by atoms with van der Waals surface area (Å²) in [5.41, 5.74) is 4.75. The van der Waals surface area contributed by atoms with E-state index in [1.54, 1.807) is 24.3 Å². The molecule has 0 radical (unpaired) electrons. The SMILES string of the molecule is CC(=O)[C@@H]1Cc2ccc(cc2)NC(=O)CCC(=O)N[C@H](Cc2cccs2)C(=O)N[C@@H](Cc2ccc(-c3ccccc3)cc2)C(=O)N[C@H](Cc2ccccc2)C(=O)N1. The van der Waals surface area contributed by atoms with Gasteiger partial charge >= 0.3 is 0 Å². The molecule has 292 valence electrons. The molecule has 3 heterocycles. The molecule has 5 amide bonds. The van der Waals surface area contributed by atoms with Crippen LogP contribution >= 0.6 is 11.3 Å². The third kappa shape index (κ3) is 11.8. The van der Waals surface area contributed by atoms with Crippen LogP contribution in [0.5, 0.6) is 0 Å². The van der Waals surface area contributed by atoms with Crippen LogP contribution < -0.4 is 26.6 Å². The minimum Gasteiger partial charge on any atom is -0.344 e. The Kier molecular flexibility index (Phi) is 13.7. The molecule has 0 saturated heterocycles. The van der Waals surface area contributed by atoms with Crippen LogP contribution in [-0.2, 0) is 54.5 Å². The van der Waals surface area contributed by atoms with Crippen molar-refractivity contribution in [2.24, 2.45) is 0 Å². The van der Waals surface area contributed by atoms with Crippen LogP contribution in [-0.4, -0.2) is 59.5 Å². The number of carbonyl (C=O) groups excluding carboxylic acids is 6. The van der Waals surface area contributed by atoms with E-state index in [-0.39, 0.29) is 44.3 Å². The molecule has 4 atom stereocenters. The van der Waals surface area contributed by atoms with Crippen LogP contribution in [0.1, 0.15) is 41.3 Å². The van der Waals surface area contributed by atoms with Crippen molar-refractivity contribution in [1.82, 2.24) is 21.3 Å². The Morgan fingerprint density at radius 2 is 1.11 bits per heavy atom. The zero-order valence-electron chi connectivity index (χ0n) is 31.5. The van der Waals surface area contributed by atoms with Gasteiger partial charge in [-0.25, -0.2) is 0 Å². The Morgan fingerprint density at radius 3 is 1.70 bits per heavy atom. The van der Waals surface area contributed by atoms with E-state index in [9.17, 15) is 28.8 Å². The number of ketones is 1. The van der Waals surface area contributed by atoms with Gasteiger partial charge in [0.05, 0.1) is 6.04 Å². The lowest BCUT2D eigenvalue weighted by atomic mass is 9.98.